The number of nitrogens with zero attached hydrogens (tertiary/aromatic N) is 3. The van der Waals surface area contributed by atoms with Crippen molar-refractivity contribution in [2.75, 3.05) is 31.4 Å². The van der Waals surface area contributed by atoms with E-state index in [-0.39, 0.29) is 0 Å². The third-order valence-corrected chi connectivity index (χ3v) is 4.43. The summed E-state index contributed by atoms with van der Waals surface area (Å²) >= 11 is 1.89. The minimum Gasteiger partial charge on any atom is -0.378 e. The third-order valence-electron chi connectivity index (χ3n) is 3.46. The van der Waals surface area contributed by atoms with Crippen LogP contribution in [0, 0.1) is 0 Å². The van der Waals surface area contributed by atoms with Gasteiger partial charge in [-0.05, 0) is 24.3 Å². The summed E-state index contributed by atoms with van der Waals surface area (Å²) in [5.41, 5.74) is 4.67. The lowest BCUT2D eigenvalue weighted by Crippen LogP contribution is -2.08. The number of hydrogen-bond donors (Lipinski definition) is 1. The van der Waals surface area contributed by atoms with Crippen LogP contribution >= 0.6 is 11.8 Å². The zero-order valence-corrected chi connectivity index (χ0v) is 12.8. The van der Waals surface area contributed by atoms with Crippen molar-refractivity contribution in [3.05, 3.63) is 35.5 Å². The maximum atomic E-state index is 4.72. The molecule has 4 nitrogen and oxygen atoms in total. The molecule has 1 aromatic heterocycles. The van der Waals surface area contributed by atoms with Gasteiger partial charge in [-0.1, -0.05) is 0 Å². The van der Waals surface area contributed by atoms with Gasteiger partial charge in [-0.2, -0.15) is 11.8 Å². The van der Waals surface area contributed by atoms with E-state index in [4.69, 9.17) is 4.98 Å². The molecule has 5 heteroatoms. The molecule has 0 bridgehead atoms. The summed E-state index contributed by atoms with van der Waals surface area (Å²) in [5.74, 6) is 3.76. The number of anilines is 2. The van der Waals surface area contributed by atoms with Crippen LogP contribution < -0.4 is 10.2 Å². The van der Waals surface area contributed by atoms with E-state index < -0.39 is 0 Å². The molecule has 1 aliphatic heterocycles. The van der Waals surface area contributed by atoms with Gasteiger partial charge in [0.25, 0.3) is 0 Å². The molecule has 1 N–H and O–H groups in total. The first-order valence-corrected chi connectivity index (χ1v) is 7.77. The molecule has 0 atom stereocenters. The van der Waals surface area contributed by atoms with Gasteiger partial charge in [0.05, 0.1) is 5.69 Å². The summed E-state index contributed by atoms with van der Waals surface area (Å²) in [6.07, 6.45) is 0. The molecule has 3 rings (SSSR count). The fourth-order valence-corrected chi connectivity index (χ4v) is 3.34. The number of nitrogens with one attached hydrogen (secondary N) is 1. The Bertz CT molecular complexity index is 623. The molecule has 0 radical (unpaired) electrons. The van der Waals surface area contributed by atoms with Gasteiger partial charge in [-0.3, -0.25) is 0 Å². The number of hydrogen-bond acceptors (Lipinski definition) is 5. The maximum absolute atomic E-state index is 4.72. The molecule has 2 heterocycles. The van der Waals surface area contributed by atoms with Crippen LogP contribution in [0.3, 0.4) is 0 Å². The predicted molar refractivity (Wildman–Crippen MR) is 86.3 cm³/mol. The van der Waals surface area contributed by atoms with E-state index in [0.717, 1.165) is 28.7 Å². The van der Waals surface area contributed by atoms with Crippen molar-refractivity contribution in [3.8, 4) is 11.4 Å². The lowest BCUT2D eigenvalue weighted by molar-refractivity contribution is 1.07. The highest BCUT2D eigenvalue weighted by Gasteiger charge is 2.19. The van der Waals surface area contributed by atoms with Gasteiger partial charge in [0.15, 0.2) is 5.82 Å². The van der Waals surface area contributed by atoms with E-state index in [1.165, 1.54) is 16.9 Å². The Balaban J connectivity index is 2.02. The van der Waals surface area contributed by atoms with E-state index in [1.54, 1.807) is 0 Å². The molecule has 104 valence electrons. The summed E-state index contributed by atoms with van der Waals surface area (Å²) in [4.78, 5) is 11.5. The van der Waals surface area contributed by atoms with Crippen molar-refractivity contribution in [1.29, 1.82) is 0 Å². The fourth-order valence-electron chi connectivity index (χ4n) is 2.30. The molecule has 0 fully saturated rings. The van der Waals surface area contributed by atoms with Crippen LogP contribution in [-0.2, 0) is 11.5 Å². The van der Waals surface area contributed by atoms with Crippen LogP contribution in [0.5, 0.6) is 0 Å². The molecule has 0 amide bonds. The monoisotopic (exact) mass is 286 g/mol. The molecular formula is C15H18N4S. The highest BCUT2D eigenvalue weighted by Crippen LogP contribution is 2.34. The Morgan fingerprint density at radius 2 is 1.85 bits per heavy atom. The Morgan fingerprint density at radius 3 is 2.50 bits per heavy atom. The highest BCUT2D eigenvalue weighted by atomic mass is 32.2. The summed E-state index contributed by atoms with van der Waals surface area (Å²) in [7, 11) is 6.00. The van der Waals surface area contributed by atoms with Crippen molar-refractivity contribution >= 4 is 23.3 Å². The van der Waals surface area contributed by atoms with Crippen LogP contribution in [0.2, 0.25) is 0 Å². The first-order valence-electron chi connectivity index (χ1n) is 6.62. The van der Waals surface area contributed by atoms with Gasteiger partial charge in [-0.15, -0.1) is 0 Å². The molecule has 1 aromatic carbocycles. The smallest absolute Gasteiger partial charge is 0.161 e. The Hall–Kier alpha value is -1.75. The summed E-state index contributed by atoms with van der Waals surface area (Å²) < 4.78 is 0. The van der Waals surface area contributed by atoms with Crippen LogP contribution in [0.1, 0.15) is 11.3 Å². The van der Waals surface area contributed by atoms with Crippen LogP contribution in [0.4, 0.5) is 11.5 Å². The van der Waals surface area contributed by atoms with Gasteiger partial charge in [0.1, 0.15) is 5.82 Å². The predicted octanol–water partition coefficient (Wildman–Crippen LogP) is 3.00. The molecule has 0 spiro atoms. The Kier molecular flexibility index (Phi) is 3.53. The summed E-state index contributed by atoms with van der Waals surface area (Å²) in [5, 5.41) is 3.19. The number of thioether (sulfide) groups is 1. The standard InChI is InChI=1S/C15H18N4S/c1-16-15-12-8-20-9-13(12)17-14(18-15)10-4-6-11(7-5-10)19(2)3/h4-7H,8-9H2,1-3H3,(H,16,17,18). The first kappa shape index (κ1) is 13.2. The number of fused-ring (bicyclic) bond motifs is 1. The number of rotatable bonds is 3. The third kappa shape index (κ3) is 2.33. The lowest BCUT2D eigenvalue weighted by atomic mass is 10.1. The van der Waals surface area contributed by atoms with Crippen molar-refractivity contribution < 1.29 is 0 Å². The van der Waals surface area contributed by atoms with Crippen molar-refractivity contribution in [2.45, 2.75) is 11.5 Å². The fraction of sp³-hybridized carbons (Fsp3) is 0.333. The normalized spacial score (nSPS) is 13.2. The van der Waals surface area contributed by atoms with Gasteiger partial charge in [0.2, 0.25) is 0 Å². The van der Waals surface area contributed by atoms with Gasteiger partial charge in [0, 0.05) is 49.5 Å². The van der Waals surface area contributed by atoms with Gasteiger partial charge >= 0.3 is 0 Å². The highest BCUT2D eigenvalue weighted by molar-refractivity contribution is 7.98. The second-order valence-electron chi connectivity index (χ2n) is 5.01. The molecule has 2 aromatic rings. The molecule has 20 heavy (non-hydrogen) atoms. The van der Waals surface area contributed by atoms with Crippen molar-refractivity contribution in [1.82, 2.24) is 9.97 Å². The maximum Gasteiger partial charge on any atom is 0.161 e. The van der Waals surface area contributed by atoms with E-state index in [2.05, 4.69) is 39.5 Å². The molecular weight excluding hydrogens is 268 g/mol. The van der Waals surface area contributed by atoms with E-state index in [1.807, 2.05) is 32.9 Å². The van der Waals surface area contributed by atoms with Crippen LogP contribution in [-0.4, -0.2) is 31.1 Å². The lowest BCUT2D eigenvalue weighted by Gasteiger charge is -2.13. The summed E-state index contributed by atoms with van der Waals surface area (Å²) in [6.45, 7) is 0. The van der Waals surface area contributed by atoms with E-state index in [0.29, 0.717) is 0 Å². The largest absolute Gasteiger partial charge is 0.378 e. The molecule has 1 aliphatic rings. The minimum atomic E-state index is 0.806. The second-order valence-corrected chi connectivity index (χ2v) is 5.99. The molecule has 0 saturated heterocycles. The van der Waals surface area contributed by atoms with Gasteiger partial charge in [-0.25, -0.2) is 9.97 Å². The number of benzene rings is 1. The van der Waals surface area contributed by atoms with Crippen LogP contribution in [0.15, 0.2) is 24.3 Å². The first-order chi connectivity index (χ1) is 9.69. The van der Waals surface area contributed by atoms with Gasteiger partial charge < -0.3 is 10.2 Å². The zero-order chi connectivity index (χ0) is 14.1. The molecule has 0 unspecified atom stereocenters. The molecule has 0 aliphatic carbocycles. The van der Waals surface area contributed by atoms with E-state index >= 15 is 0 Å². The van der Waals surface area contributed by atoms with Crippen molar-refractivity contribution in [3.63, 3.8) is 0 Å². The Morgan fingerprint density at radius 1 is 1.10 bits per heavy atom. The Labute approximate surface area is 123 Å². The van der Waals surface area contributed by atoms with Crippen LogP contribution in [0.25, 0.3) is 11.4 Å². The topological polar surface area (TPSA) is 41.1 Å². The average molecular weight is 286 g/mol. The quantitative estimate of drug-likeness (QED) is 0.939. The minimum absolute atomic E-state index is 0.806. The number of aromatic nitrogens is 2. The average Bonchev–Trinajstić information content (AvgIpc) is 2.94. The van der Waals surface area contributed by atoms with Crippen molar-refractivity contribution in [2.24, 2.45) is 0 Å². The second kappa shape index (κ2) is 5.32. The zero-order valence-electron chi connectivity index (χ0n) is 12.0. The summed E-state index contributed by atoms with van der Waals surface area (Å²) in [6, 6.07) is 8.36. The SMILES string of the molecule is CNc1nc(-c2ccc(N(C)C)cc2)nc2c1CSC2. The van der Waals surface area contributed by atoms with E-state index in [9.17, 15) is 0 Å². The molecule has 0 saturated carbocycles.